The van der Waals surface area contributed by atoms with Crippen LogP contribution in [0.25, 0.3) is 0 Å². The van der Waals surface area contributed by atoms with E-state index in [1.165, 1.54) is 12.1 Å². The molecule has 0 radical (unpaired) electrons. The number of hydrazine groups is 1. The topological polar surface area (TPSA) is 57.3 Å². The Morgan fingerprint density at radius 2 is 2.39 bits per heavy atom. The van der Waals surface area contributed by atoms with E-state index >= 15 is 0 Å². The molecule has 0 spiro atoms. The smallest absolute Gasteiger partial charge is 0.255 e. The monoisotopic (exact) mass is 256 g/mol. The number of anilines is 1. The summed E-state index contributed by atoms with van der Waals surface area (Å²) in [5.41, 5.74) is 5.29. The number of pyridine rings is 1. The normalized spacial score (nSPS) is 20.4. The van der Waals surface area contributed by atoms with E-state index in [2.05, 4.69) is 15.8 Å². The lowest BCUT2D eigenvalue weighted by Crippen LogP contribution is -2.49. The zero-order valence-electron chi connectivity index (χ0n) is 10.3. The molecule has 1 saturated heterocycles. The summed E-state index contributed by atoms with van der Waals surface area (Å²) in [6.07, 6.45) is 4.16. The first-order chi connectivity index (χ1) is 8.66. The van der Waals surface area contributed by atoms with Gasteiger partial charge in [-0.3, -0.25) is 20.5 Å². The fraction of sp³-hybridized carbons (Fsp3) is 0.500. The van der Waals surface area contributed by atoms with Crippen molar-refractivity contribution >= 4 is 11.7 Å². The van der Waals surface area contributed by atoms with Gasteiger partial charge in [0.15, 0.2) is 0 Å². The van der Waals surface area contributed by atoms with Gasteiger partial charge < -0.3 is 0 Å². The summed E-state index contributed by atoms with van der Waals surface area (Å²) in [6.45, 7) is 0.937. The van der Waals surface area contributed by atoms with Crippen molar-refractivity contribution in [2.45, 2.75) is 25.3 Å². The number of aromatic nitrogens is 1. The molecule has 1 amide bonds. The van der Waals surface area contributed by atoms with Crippen molar-refractivity contribution in [2.75, 3.05) is 19.0 Å². The average molecular weight is 256 g/mol. The summed E-state index contributed by atoms with van der Waals surface area (Å²) in [7, 11) is 1.94. The molecule has 2 N–H and O–H groups in total. The van der Waals surface area contributed by atoms with Crippen molar-refractivity contribution in [3.63, 3.8) is 0 Å². The Hall–Kier alpha value is -1.69. The molecule has 1 fully saturated rings. The minimum Gasteiger partial charge on any atom is -0.295 e. The number of likely N-dealkylation sites (tertiary alicyclic amines) is 1. The highest BCUT2D eigenvalue weighted by Gasteiger charge is 2.25. The number of nitrogens with one attached hydrogen (secondary N) is 2. The lowest BCUT2D eigenvalue weighted by atomic mass is 10.0. The van der Waals surface area contributed by atoms with Gasteiger partial charge in [-0.25, -0.2) is 9.37 Å². The maximum absolute atomic E-state index is 12.6. The molecule has 1 aromatic rings. The van der Waals surface area contributed by atoms with Gasteiger partial charge in [0.05, 0.1) is 12.2 Å². The molecule has 5 nitrogen and oxygen atoms in total. The maximum Gasteiger partial charge on any atom is 0.255 e. The predicted octanol–water partition coefficient (Wildman–Crippen LogP) is 1.64. The molecular weight excluding hydrogens is 235 g/mol. The summed E-state index contributed by atoms with van der Waals surface area (Å²) in [4.78, 5) is 17.8. The second-order valence-corrected chi connectivity index (χ2v) is 4.47. The SMILES string of the molecule is CN1CCCC[C@H]1C(=O)NNc1ccc(F)cn1.[HH].[HH]. The first-order valence-electron chi connectivity index (χ1n) is 6.04. The number of carbonyl (C=O) groups excluding carboxylic acids is 1. The number of rotatable bonds is 3. The Bertz CT molecular complexity index is 418. The molecular formula is C12H21FN4O. The number of nitrogens with zero attached hydrogens (tertiary/aromatic N) is 2. The Kier molecular flexibility index (Phi) is 4.09. The van der Waals surface area contributed by atoms with Crippen molar-refractivity contribution in [1.29, 1.82) is 0 Å². The highest BCUT2D eigenvalue weighted by atomic mass is 19.1. The first-order valence-corrected chi connectivity index (χ1v) is 6.04. The van der Waals surface area contributed by atoms with Gasteiger partial charge in [0, 0.05) is 2.85 Å². The average Bonchev–Trinajstić information content (AvgIpc) is 2.38. The number of piperidine rings is 1. The van der Waals surface area contributed by atoms with Crippen molar-refractivity contribution in [3.8, 4) is 0 Å². The van der Waals surface area contributed by atoms with E-state index in [0.717, 1.165) is 32.0 Å². The lowest BCUT2D eigenvalue weighted by molar-refractivity contribution is -0.126. The zero-order chi connectivity index (χ0) is 13.0. The molecule has 1 aliphatic heterocycles. The van der Waals surface area contributed by atoms with Gasteiger partial charge in [-0.1, -0.05) is 6.42 Å². The Morgan fingerprint density at radius 1 is 1.56 bits per heavy atom. The molecule has 1 atom stereocenters. The molecule has 102 valence electrons. The molecule has 1 aromatic heterocycles. The Balaban J connectivity index is 0.00000180. The largest absolute Gasteiger partial charge is 0.295 e. The Morgan fingerprint density at radius 3 is 3.06 bits per heavy atom. The molecule has 2 rings (SSSR count). The van der Waals surface area contributed by atoms with E-state index in [4.69, 9.17) is 0 Å². The van der Waals surface area contributed by atoms with Crippen LogP contribution in [0.2, 0.25) is 0 Å². The molecule has 18 heavy (non-hydrogen) atoms. The fourth-order valence-corrected chi connectivity index (χ4v) is 2.07. The molecule has 6 heteroatoms. The van der Waals surface area contributed by atoms with E-state index < -0.39 is 5.82 Å². The number of likely N-dealkylation sites (N-methyl/N-ethyl adjacent to an activating group) is 1. The van der Waals surface area contributed by atoms with Crippen molar-refractivity contribution in [3.05, 3.63) is 24.1 Å². The second-order valence-electron chi connectivity index (χ2n) is 4.47. The number of halogens is 1. The maximum atomic E-state index is 12.6. The second kappa shape index (κ2) is 5.77. The minimum absolute atomic E-state index is 0. The summed E-state index contributed by atoms with van der Waals surface area (Å²) in [5.74, 6) is -0.0644. The van der Waals surface area contributed by atoms with Crippen LogP contribution in [0.4, 0.5) is 10.2 Å². The van der Waals surface area contributed by atoms with E-state index in [1.54, 1.807) is 0 Å². The molecule has 0 aliphatic carbocycles. The number of carbonyl (C=O) groups is 1. The van der Waals surface area contributed by atoms with Crippen LogP contribution in [0.1, 0.15) is 22.1 Å². The van der Waals surface area contributed by atoms with Crippen LogP contribution in [0, 0.1) is 5.82 Å². The zero-order valence-corrected chi connectivity index (χ0v) is 10.3. The fourth-order valence-electron chi connectivity index (χ4n) is 2.07. The van der Waals surface area contributed by atoms with Crippen LogP contribution in [-0.2, 0) is 4.79 Å². The van der Waals surface area contributed by atoms with Crippen LogP contribution in [0.3, 0.4) is 0 Å². The van der Waals surface area contributed by atoms with Gasteiger partial charge in [-0.15, -0.1) is 0 Å². The van der Waals surface area contributed by atoms with Crippen LogP contribution >= 0.6 is 0 Å². The summed E-state index contributed by atoms with van der Waals surface area (Å²) >= 11 is 0. The van der Waals surface area contributed by atoms with E-state index in [-0.39, 0.29) is 14.8 Å². The summed E-state index contributed by atoms with van der Waals surface area (Å²) < 4.78 is 12.6. The number of hydrogen-bond acceptors (Lipinski definition) is 4. The molecule has 0 aromatic carbocycles. The van der Waals surface area contributed by atoms with Crippen molar-refractivity contribution in [1.82, 2.24) is 15.3 Å². The van der Waals surface area contributed by atoms with Gasteiger partial charge in [0.25, 0.3) is 5.91 Å². The lowest BCUT2D eigenvalue weighted by Gasteiger charge is -2.31. The van der Waals surface area contributed by atoms with E-state index in [0.29, 0.717) is 5.82 Å². The Labute approximate surface area is 108 Å². The van der Waals surface area contributed by atoms with Crippen LogP contribution in [0.5, 0.6) is 0 Å². The molecule has 2 heterocycles. The van der Waals surface area contributed by atoms with Crippen LogP contribution in [0.15, 0.2) is 18.3 Å². The highest BCUT2D eigenvalue weighted by molar-refractivity contribution is 5.82. The third-order valence-electron chi connectivity index (χ3n) is 3.11. The summed E-state index contributed by atoms with van der Waals surface area (Å²) in [6, 6.07) is 2.65. The molecule has 0 unspecified atom stereocenters. The quantitative estimate of drug-likeness (QED) is 0.807. The number of hydrogen-bond donors (Lipinski definition) is 2. The first kappa shape index (κ1) is 12.8. The number of amides is 1. The highest BCUT2D eigenvalue weighted by Crippen LogP contribution is 2.14. The molecule has 0 saturated carbocycles. The summed E-state index contributed by atoms with van der Waals surface area (Å²) in [5, 5.41) is 0. The predicted molar refractivity (Wildman–Crippen MR) is 70.5 cm³/mol. The van der Waals surface area contributed by atoms with Crippen LogP contribution < -0.4 is 10.9 Å². The van der Waals surface area contributed by atoms with Gasteiger partial charge in [0.2, 0.25) is 0 Å². The van der Waals surface area contributed by atoms with Crippen molar-refractivity contribution in [2.24, 2.45) is 0 Å². The van der Waals surface area contributed by atoms with Gasteiger partial charge in [-0.2, -0.15) is 0 Å². The minimum atomic E-state index is -0.404. The standard InChI is InChI=1S/C12H17FN4O.2H2/c1-17-7-3-2-4-10(17)12(18)16-15-11-6-5-9(13)8-14-11;;/h5-6,8,10H,2-4,7H2,1H3,(H,14,15)(H,16,18);2*1H/t10-;;/m0../s1. The third-order valence-corrected chi connectivity index (χ3v) is 3.11. The van der Waals surface area contributed by atoms with E-state index in [9.17, 15) is 9.18 Å². The molecule has 1 aliphatic rings. The molecule has 0 bridgehead atoms. The van der Waals surface area contributed by atoms with Gasteiger partial charge >= 0.3 is 0 Å². The van der Waals surface area contributed by atoms with Crippen LogP contribution in [-0.4, -0.2) is 35.4 Å². The third kappa shape index (κ3) is 3.16. The van der Waals surface area contributed by atoms with Crippen molar-refractivity contribution < 1.29 is 12.0 Å². The van der Waals surface area contributed by atoms with Gasteiger partial charge in [0.1, 0.15) is 11.6 Å². The van der Waals surface area contributed by atoms with Gasteiger partial charge in [-0.05, 0) is 38.6 Å². The van der Waals surface area contributed by atoms with E-state index in [1.807, 2.05) is 11.9 Å².